The third-order valence-electron chi connectivity index (χ3n) is 3.61. The Labute approximate surface area is 125 Å². The molecule has 5 nitrogen and oxygen atoms in total. The van der Waals surface area contributed by atoms with Crippen LogP contribution in [0.25, 0.3) is 0 Å². The minimum Gasteiger partial charge on any atom is -0.349 e. The predicted molar refractivity (Wildman–Crippen MR) is 83.2 cm³/mol. The molecule has 1 fully saturated rings. The first-order valence-electron chi connectivity index (χ1n) is 7.49. The number of hydrogen-bond acceptors (Lipinski definition) is 3. The fourth-order valence-corrected chi connectivity index (χ4v) is 2.06. The second-order valence-corrected chi connectivity index (χ2v) is 5.66. The van der Waals surface area contributed by atoms with Crippen molar-refractivity contribution in [2.24, 2.45) is 5.73 Å². The smallest absolute Gasteiger partial charge is 0.251 e. The molecule has 0 aromatic heterocycles. The molecule has 1 aromatic carbocycles. The Bertz CT molecular complexity index is 538. The van der Waals surface area contributed by atoms with Gasteiger partial charge in [-0.15, -0.1) is 0 Å². The van der Waals surface area contributed by atoms with Crippen molar-refractivity contribution in [1.29, 1.82) is 0 Å². The van der Waals surface area contributed by atoms with Crippen LogP contribution in [0, 0.1) is 6.92 Å². The monoisotopic (exact) mass is 289 g/mol. The third kappa shape index (κ3) is 4.29. The van der Waals surface area contributed by atoms with Crippen LogP contribution in [0.2, 0.25) is 0 Å². The van der Waals surface area contributed by atoms with E-state index in [0.29, 0.717) is 23.7 Å². The van der Waals surface area contributed by atoms with E-state index in [0.717, 1.165) is 24.8 Å². The fourth-order valence-electron chi connectivity index (χ4n) is 2.06. The van der Waals surface area contributed by atoms with Crippen molar-refractivity contribution in [2.45, 2.75) is 51.6 Å². The number of nitrogens with two attached hydrogens (primary N) is 1. The average Bonchev–Trinajstić information content (AvgIpc) is 3.25. The Morgan fingerprint density at radius 3 is 2.71 bits per heavy atom. The van der Waals surface area contributed by atoms with Gasteiger partial charge in [-0.2, -0.15) is 0 Å². The minimum atomic E-state index is -0.515. The Kier molecular flexibility index (Phi) is 4.96. The Morgan fingerprint density at radius 1 is 1.38 bits per heavy atom. The molecule has 1 atom stereocenters. The molecule has 1 aromatic rings. The van der Waals surface area contributed by atoms with E-state index < -0.39 is 6.04 Å². The lowest BCUT2D eigenvalue weighted by Gasteiger charge is -2.14. The molecular weight excluding hydrogens is 266 g/mol. The molecule has 4 N–H and O–H groups in total. The van der Waals surface area contributed by atoms with E-state index in [4.69, 9.17) is 5.73 Å². The highest BCUT2D eigenvalue weighted by Crippen LogP contribution is 2.21. The first kappa shape index (κ1) is 15.5. The number of carbonyl (C=O) groups is 2. The molecule has 21 heavy (non-hydrogen) atoms. The molecule has 114 valence electrons. The summed E-state index contributed by atoms with van der Waals surface area (Å²) in [6.07, 6.45) is 3.60. The van der Waals surface area contributed by atoms with Crippen LogP contribution < -0.4 is 16.4 Å². The maximum Gasteiger partial charge on any atom is 0.251 e. The van der Waals surface area contributed by atoms with Crippen LogP contribution in [-0.4, -0.2) is 23.9 Å². The van der Waals surface area contributed by atoms with Crippen molar-refractivity contribution in [3.63, 3.8) is 0 Å². The Hall–Kier alpha value is -1.88. The second kappa shape index (κ2) is 6.72. The molecule has 2 rings (SSSR count). The summed E-state index contributed by atoms with van der Waals surface area (Å²) in [7, 11) is 0. The predicted octanol–water partition coefficient (Wildman–Crippen LogP) is 1.95. The zero-order chi connectivity index (χ0) is 15.4. The molecule has 1 unspecified atom stereocenters. The van der Waals surface area contributed by atoms with Crippen molar-refractivity contribution < 1.29 is 9.59 Å². The first-order chi connectivity index (χ1) is 10.0. The number of amides is 2. The molecule has 5 heteroatoms. The lowest BCUT2D eigenvalue weighted by molar-refractivity contribution is -0.117. The highest BCUT2D eigenvalue weighted by atomic mass is 16.2. The van der Waals surface area contributed by atoms with Crippen molar-refractivity contribution >= 4 is 17.5 Å². The van der Waals surface area contributed by atoms with Crippen molar-refractivity contribution in [2.75, 3.05) is 5.32 Å². The maximum atomic E-state index is 12.0. The van der Waals surface area contributed by atoms with Gasteiger partial charge in [-0.1, -0.05) is 19.4 Å². The summed E-state index contributed by atoms with van der Waals surface area (Å²) in [5.74, 6) is -0.300. The molecular formula is C16H23N3O2. The molecule has 0 saturated heterocycles. The van der Waals surface area contributed by atoms with E-state index in [9.17, 15) is 9.59 Å². The molecule has 1 aliphatic rings. The topological polar surface area (TPSA) is 84.2 Å². The number of anilines is 1. The molecule has 0 bridgehead atoms. The number of rotatable bonds is 6. The zero-order valence-electron chi connectivity index (χ0n) is 12.6. The summed E-state index contributed by atoms with van der Waals surface area (Å²) in [4.78, 5) is 24.0. The average molecular weight is 289 g/mol. The van der Waals surface area contributed by atoms with Gasteiger partial charge in [0.25, 0.3) is 5.91 Å². The molecule has 0 heterocycles. The van der Waals surface area contributed by atoms with Crippen LogP contribution in [0.3, 0.4) is 0 Å². The fraction of sp³-hybridized carbons (Fsp3) is 0.500. The zero-order valence-corrected chi connectivity index (χ0v) is 12.6. The minimum absolute atomic E-state index is 0.0918. The highest BCUT2D eigenvalue weighted by molar-refractivity contribution is 5.99. The van der Waals surface area contributed by atoms with Gasteiger partial charge < -0.3 is 16.4 Å². The standard InChI is InChI=1S/C16H23N3O2/c1-3-4-13(17)16(21)19-14-9-11(6-5-10(14)2)15(20)18-12-7-8-12/h5-6,9,12-13H,3-4,7-8,17H2,1-2H3,(H,18,20)(H,19,21). The third-order valence-corrected chi connectivity index (χ3v) is 3.61. The van der Waals surface area contributed by atoms with E-state index >= 15 is 0 Å². The van der Waals surface area contributed by atoms with Gasteiger partial charge in [-0.3, -0.25) is 9.59 Å². The van der Waals surface area contributed by atoms with Crippen LogP contribution in [0.1, 0.15) is 48.5 Å². The van der Waals surface area contributed by atoms with Crippen LogP contribution in [-0.2, 0) is 4.79 Å². The van der Waals surface area contributed by atoms with Gasteiger partial charge in [-0.05, 0) is 43.9 Å². The van der Waals surface area contributed by atoms with Crippen molar-refractivity contribution in [1.82, 2.24) is 5.32 Å². The molecule has 0 aliphatic heterocycles. The van der Waals surface area contributed by atoms with E-state index in [1.807, 2.05) is 19.9 Å². The summed E-state index contributed by atoms with van der Waals surface area (Å²) >= 11 is 0. The van der Waals surface area contributed by atoms with Gasteiger partial charge in [-0.25, -0.2) is 0 Å². The molecule has 1 aliphatic carbocycles. The first-order valence-corrected chi connectivity index (χ1v) is 7.49. The molecule has 0 spiro atoms. The number of carbonyl (C=O) groups excluding carboxylic acids is 2. The van der Waals surface area contributed by atoms with Gasteiger partial charge in [0, 0.05) is 17.3 Å². The summed E-state index contributed by atoms with van der Waals surface area (Å²) in [5.41, 5.74) is 7.93. The van der Waals surface area contributed by atoms with E-state index in [-0.39, 0.29) is 11.8 Å². The number of aryl methyl sites for hydroxylation is 1. The highest BCUT2D eigenvalue weighted by Gasteiger charge is 2.24. The number of hydrogen-bond donors (Lipinski definition) is 3. The summed E-state index contributed by atoms with van der Waals surface area (Å²) in [6.45, 7) is 3.88. The number of benzene rings is 1. The molecule has 2 amide bonds. The van der Waals surface area contributed by atoms with Crippen LogP contribution in [0.5, 0.6) is 0 Å². The normalized spacial score (nSPS) is 15.4. The van der Waals surface area contributed by atoms with Gasteiger partial charge in [0.1, 0.15) is 0 Å². The summed E-state index contributed by atoms with van der Waals surface area (Å²) in [5, 5.41) is 5.75. The molecule has 0 radical (unpaired) electrons. The van der Waals surface area contributed by atoms with E-state index in [2.05, 4.69) is 10.6 Å². The Morgan fingerprint density at radius 2 is 2.10 bits per heavy atom. The quantitative estimate of drug-likeness (QED) is 0.748. The lowest BCUT2D eigenvalue weighted by atomic mass is 10.1. The summed E-state index contributed by atoms with van der Waals surface area (Å²) < 4.78 is 0. The maximum absolute atomic E-state index is 12.0. The van der Waals surface area contributed by atoms with Gasteiger partial charge in [0.2, 0.25) is 5.91 Å². The largest absolute Gasteiger partial charge is 0.349 e. The lowest BCUT2D eigenvalue weighted by Crippen LogP contribution is -2.35. The van der Waals surface area contributed by atoms with Gasteiger partial charge >= 0.3 is 0 Å². The Balaban J connectivity index is 2.07. The van der Waals surface area contributed by atoms with Crippen molar-refractivity contribution in [3.05, 3.63) is 29.3 Å². The van der Waals surface area contributed by atoms with Gasteiger partial charge in [0.05, 0.1) is 6.04 Å². The van der Waals surface area contributed by atoms with E-state index in [1.54, 1.807) is 12.1 Å². The number of nitrogens with one attached hydrogen (secondary N) is 2. The van der Waals surface area contributed by atoms with Crippen LogP contribution in [0.4, 0.5) is 5.69 Å². The van der Waals surface area contributed by atoms with Crippen molar-refractivity contribution in [3.8, 4) is 0 Å². The molecule has 1 saturated carbocycles. The summed E-state index contributed by atoms with van der Waals surface area (Å²) in [6, 6.07) is 5.12. The van der Waals surface area contributed by atoms with Gasteiger partial charge in [0.15, 0.2) is 0 Å². The van der Waals surface area contributed by atoms with Crippen LogP contribution in [0.15, 0.2) is 18.2 Å². The second-order valence-electron chi connectivity index (χ2n) is 5.66. The van der Waals surface area contributed by atoms with Crippen LogP contribution >= 0.6 is 0 Å². The SMILES string of the molecule is CCCC(N)C(=O)Nc1cc(C(=O)NC2CC2)ccc1C. The van der Waals surface area contributed by atoms with E-state index in [1.165, 1.54) is 0 Å².